The highest BCUT2D eigenvalue weighted by Gasteiger charge is 2.73. The van der Waals surface area contributed by atoms with Crippen LogP contribution in [0.4, 0.5) is 10.1 Å². The van der Waals surface area contributed by atoms with Gasteiger partial charge >= 0.3 is 0 Å². The number of fused-ring (bicyclic) bond motifs is 3. The zero-order chi connectivity index (χ0) is 32.6. The molecular weight excluding hydrogens is 614 g/mol. The van der Waals surface area contributed by atoms with Crippen LogP contribution >= 0.6 is 23.2 Å². The molecule has 3 heterocycles. The second-order valence-corrected chi connectivity index (χ2v) is 14.6. The maximum absolute atomic E-state index is 14.9. The number of halogens is 3. The van der Waals surface area contributed by atoms with Gasteiger partial charge < -0.3 is 11.1 Å². The summed E-state index contributed by atoms with van der Waals surface area (Å²) in [5, 5.41) is 3.52. The Morgan fingerprint density at radius 1 is 1.16 bits per heavy atom. The summed E-state index contributed by atoms with van der Waals surface area (Å²) in [6.07, 6.45) is 6.80. The number of allylic oxidation sites excluding steroid dienone is 3. The highest BCUT2D eigenvalue weighted by molar-refractivity contribution is 6.31. The number of anilines is 1. The van der Waals surface area contributed by atoms with Gasteiger partial charge in [0.05, 0.1) is 17.2 Å². The number of carbonyl (C=O) groups excluding carboxylic acids is 3. The molecule has 3 N–H and O–H groups in total. The molecule has 45 heavy (non-hydrogen) atoms. The van der Waals surface area contributed by atoms with Crippen molar-refractivity contribution in [3.8, 4) is 0 Å². The van der Waals surface area contributed by atoms with Gasteiger partial charge in [-0.15, -0.1) is 0 Å². The summed E-state index contributed by atoms with van der Waals surface area (Å²) in [6, 6.07) is 8.75. The molecule has 0 aromatic heterocycles. The zero-order valence-corrected chi connectivity index (χ0v) is 27.3. The Labute approximate surface area is 272 Å². The largest absolute Gasteiger partial charge is 0.366 e. The van der Waals surface area contributed by atoms with Crippen molar-refractivity contribution in [1.29, 1.82) is 0 Å². The average Bonchev–Trinajstić information content (AvgIpc) is 3.63. The van der Waals surface area contributed by atoms with Gasteiger partial charge in [-0.1, -0.05) is 68.8 Å². The van der Waals surface area contributed by atoms with Gasteiger partial charge in [0.2, 0.25) is 17.7 Å². The first-order valence-electron chi connectivity index (χ1n) is 15.2. The highest BCUT2D eigenvalue weighted by atomic mass is 35.5. The Kier molecular flexibility index (Phi) is 7.78. The Morgan fingerprint density at radius 3 is 2.47 bits per heavy atom. The fourth-order valence-electron chi connectivity index (χ4n) is 7.82. The number of nitrogens with one attached hydrogen (secondary N) is 1. The predicted octanol–water partition coefficient (Wildman–Crippen LogP) is 6.68. The summed E-state index contributed by atoms with van der Waals surface area (Å²) in [5.41, 5.74) is 6.96. The topological polar surface area (TPSA) is 95.7 Å². The van der Waals surface area contributed by atoms with Gasteiger partial charge in [0.15, 0.2) is 0 Å². The van der Waals surface area contributed by atoms with Crippen LogP contribution in [0.1, 0.15) is 64.0 Å². The quantitative estimate of drug-likeness (QED) is 0.258. The fourth-order valence-corrected chi connectivity index (χ4v) is 8.18. The molecule has 0 unspecified atom stereocenters. The molecule has 6 rings (SSSR count). The third-order valence-electron chi connectivity index (χ3n) is 9.67. The molecule has 4 aliphatic rings. The summed E-state index contributed by atoms with van der Waals surface area (Å²) in [4.78, 5) is 45.5. The molecule has 1 aliphatic carbocycles. The lowest BCUT2D eigenvalue weighted by Gasteiger charge is -2.43. The summed E-state index contributed by atoms with van der Waals surface area (Å²) >= 11 is 12.8. The van der Waals surface area contributed by atoms with Crippen molar-refractivity contribution in [3.63, 3.8) is 0 Å². The first-order valence-corrected chi connectivity index (χ1v) is 15.9. The summed E-state index contributed by atoms with van der Waals surface area (Å²) in [5.74, 6) is -2.08. The highest BCUT2D eigenvalue weighted by Crippen LogP contribution is 2.64. The van der Waals surface area contributed by atoms with Crippen LogP contribution in [0.2, 0.25) is 10.0 Å². The summed E-state index contributed by atoms with van der Waals surface area (Å²) in [6.45, 7) is 11.9. The molecule has 1 saturated carbocycles. The van der Waals surface area contributed by atoms with Gasteiger partial charge in [-0.2, -0.15) is 0 Å². The van der Waals surface area contributed by atoms with Crippen molar-refractivity contribution < 1.29 is 18.8 Å². The average molecular weight is 652 g/mol. The number of rotatable bonds is 7. The standard InChI is InChI=1S/C35H37Cl2FN4O3/c1-6-19(30(39)43)8-7-18(2)41-31(20-9-10-20)42-27(17-34(3,4)5)35(23-13-12-22(36)16-26(23)40-33(35)45)28(29(42)32(41)44)21-11-14-25(38)24(37)15-21/h6-8,11-16,20,27-29,31H,1,9-10,17H2,2-5H3,(H2,39,43)(H,40,45)/b18-7+,19-8+/t27-,28-,29+,31+,35+/m0/s1. The molecule has 5 atom stereocenters. The van der Waals surface area contributed by atoms with Crippen LogP contribution in [-0.2, 0) is 19.8 Å². The van der Waals surface area contributed by atoms with E-state index in [0.717, 1.165) is 18.4 Å². The first kappa shape index (κ1) is 31.5. The molecule has 2 aromatic carbocycles. The van der Waals surface area contributed by atoms with Crippen LogP contribution in [0.25, 0.3) is 0 Å². The van der Waals surface area contributed by atoms with Crippen LogP contribution < -0.4 is 11.1 Å². The van der Waals surface area contributed by atoms with Gasteiger partial charge in [0, 0.05) is 33.9 Å². The van der Waals surface area contributed by atoms with E-state index in [-0.39, 0.29) is 39.9 Å². The first-order chi connectivity index (χ1) is 21.2. The molecule has 3 amide bonds. The molecule has 236 valence electrons. The smallest absolute Gasteiger partial charge is 0.248 e. The number of nitrogens with zero attached hydrogens (tertiary/aromatic N) is 2. The van der Waals surface area contributed by atoms with Crippen molar-refractivity contribution >= 4 is 46.6 Å². The number of primary amides is 1. The third kappa shape index (κ3) is 5.02. The van der Waals surface area contributed by atoms with Crippen molar-refractivity contribution in [2.24, 2.45) is 17.1 Å². The number of benzene rings is 2. The Balaban J connectivity index is 1.62. The Bertz CT molecular complexity index is 1690. The van der Waals surface area contributed by atoms with Crippen LogP contribution in [0.15, 0.2) is 72.5 Å². The number of hydrogen-bond acceptors (Lipinski definition) is 4. The Morgan fingerprint density at radius 2 is 1.87 bits per heavy atom. The number of carbonyl (C=O) groups is 3. The lowest BCUT2D eigenvalue weighted by atomic mass is 9.62. The second kappa shape index (κ2) is 11.1. The SMILES string of the molecule is C=C/C(=C\C=C(/C)N1C(=O)[C@H]2[C@H](c3ccc(F)c(Cl)c3)[C@]3(C(=O)Nc4cc(Cl)ccc43)[C@H](CC(C)(C)C)N2[C@@H]1C1CC1)C(N)=O. The number of nitrogens with two attached hydrogens (primary N) is 1. The van der Waals surface area contributed by atoms with Gasteiger partial charge in [0.25, 0.3) is 0 Å². The van der Waals surface area contributed by atoms with E-state index >= 15 is 0 Å². The fraction of sp³-hybridized carbons (Fsp3) is 0.400. The minimum atomic E-state index is -1.19. The third-order valence-corrected chi connectivity index (χ3v) is 10.2. The van der Waals surface area contributed by atoms with E-state index in [1.807, 2.05) is 17.9 Å². The molecule has 0 bridgehead atoms. The predicted molar refractivity (Wildman–Crippen MR) is 174 cm³/mol. The van der Waals surface area contributed by atoms with E-state index in [0.29, 0.717) is 28.4 Å². The normalized spacial score (nSPS) is 28.5. The second-order valence-electron chi connectivity index (χ2n) is 13.8. The van der Waals surface area contributed by atoms with E-state index in [1.165, 1.54) is 12.1 Å². The summed E-state index contributed by atoms with van der Waals surface area (Å²) in [7, 11) is 0. The van der Waals surface area contributed by atoms with Crippen LogP contribution in [0.5, 0.6) is 0 Å². The minimum absolute atomic E-state index is 0.0751. The van der Waals surface area contributed by atoms with Crippen molar-refractivity contribution in [2.75, 3.05) is 5.32 Å². The molecule has 2 aromatic rings. The monoisotopic (exact) mass is 650 g/mol. The maximum atomic E-state index is 14.9. The zero-order valence-electron chi connectivity index (χ0n) is 25.7. The van der Waals surface area contributed by atoms with Gasteiger partial charge in [-0.05, 0) is 85.1 Å². The number of hydrogen-bond donors (Lipinski definition) is 2. The van der Waals surface area contributed by atoms with Gasteiger partial charge in [0.1, 0.15) is 11.2 Å². The van der Waals surface area contributed by atoms with Crippen LogP contribution in [0.3, 0.4) is 0 Å². The molecular formula is C35H37Cl2FN4O3. The van der Waals surface area contributed by atoms with Crippen LogP contribution in [0, 0.1) is 17.2 Å². The van der Waals surface area contributed by atoms with Crippen molar-refractivity contribution in [1.82, 2.24) is 9.80 Å². The van der Waals surface area contributed by atoms with Crippen molar-refractivity contribution in [2.45, 2.75) is 76.5 Å². The molecule has 0 radical (unpaired) electrons. The van der Waals surface area contributed by atoms with Gasteiger partial charge in [-0.25, -0.2) is 4.39 Å². The molecule has 1 spiro atoms. The molecule has 10 heteroatoms. The summed E-state index contributed by atoms with van der Waals surface area (Å²) < 4.78 is 14.6. The number of amides is 3. The molecule has 7 nitrogen and oxygen atoms in total. The molecule has 3 aliphatic heterocycles. The van der Waals surface area contributed by atoms with E-state index < -0.39 is 35.1 Å². The van der Waals surface area contributed by atoms with Gasteiger partial charge in [-0.3, -0.25) is 24.2 Å². The van der Waals surface area contributed by atoms with Crippen molar-refractivity contribution in [3.05, 3.63) is 99.5 Å². The minimum Gasteiger partial charge on any atom is -0.366 e. The lowest BCUT2D eigenvalue weighted by molar-refractivity contribution is -0.129. The Hall–Kier alpha value is -3.46. The molecule has 2 saturated heterocycles. The maximum Gasteiger partial charge on any atom is 0.248 e. The van der Waals surface area contributed by atoms with Crippen LogP contribution in [-0.4, -0.2) is 45.8 Å². The lowest BCUT2D eigenvalue weighted by Crippen LogP contribution is -2.55. The molecule has 3 fully saturated rings. The van der Waals surface area contributed by atoms with E-state index in [9.17, 15) is 18.8 Å². The van der Waals surface area contributed by atoms with E-state index in [4.69, 9.17) is 28.9 Å². The van der Waals surface area contributed by atoms with E-state index in [2.05, 4.69) is 37.6 Å². The van der Waals surface area contributed by atoms with E-state index in [1.54, 1.807) is 36.4 Å².